The van der Waals surface area contributed by atoms with E-state index < -0.39 is 0 Å². The summed E-state index contributed by atoms with van der Waals surface area (Å²) >= 11 is 0. The highest BCUT2D eigenvalue weighted by Crippen LogP contribution is 2.16. The van der Waals surface area contributed by atoms with Crippen LogP contribution in [0.25, 0.3) is 11.0 Å². The van der Waals surface area contributed by atoms with Gasteiger partial charge in [-0.05, 0) is 38.7 Å². The fraction of sp³-hybridized carbons (Fsp3) is 0.533. The number of aromatic nitrogens is 2. The van der Waals surface area contributed by atoms with Crippen molar-refractivity contribution in [3.63, 3.8) is 0 Å². The van der Waals surface area contributed by atoms with Crippen molar-refractivity contribution in [1.82, 2.24) is 19.4 Å². The Kier molecular flexibility index (Phi) is 3.53. The summed E-state index contributed by atoms with van der Waals surface area (Å²) in [5, 5.41) is 0. The Morgan fingerprint density at radius 3 is 2.74 bits per heavy atom. The summed E-state index contributed by atoms with van der Waals surface area (Å²) in [6.07, 6.45) is 1.25. The van der Waals surface area contributed by atoms with Gasteiger partial charge in [0, 0.05) is 20.1 Å². The summed E-state index contributed by atoms with van der Waals surface area (Å²) in [5.41, 5.74) is 2.33. The molecule has 4 nitrogen and oxygen atoms in total. The van der Waals surface area contributed by atoms with E-state index in [2.05, 4.69) is 52.7 Å². The number of aryl methyl sites for hydroxylation is 1. The Bertz CT molecular complexity index is 560. The number of imidazole rings is 1. The summed E-state index contributed by atoms with van der Waals surface area (Å²) < 4.78 is 2.23. The van der Waals surface area contributed by atoms with E-state index in [4.69, 9.17) is 4.98 Å². The minimum absolute atomic E-state index is 0.957. The fourth-order valence-corrected chi connectivity index (χ4v) is 2.79. The molecule has 1 saturated heterocycles. The number of nitrogens with zero attached hydrogens (tertiary/aromatic N) is 4. The predicted molar refractivity (Wildman–Crippen MR) is 78.1 cm³/mol. The zero-order chi connectivity index (χ0) is 13.2. The van der Waals surface area contributed by atoms with Gasteiger partial charge in [0.2, 0.25) is 0 Å². The van der Waals surface area contributed by atoms with Crippen molar-refractivity contribution in [1.29, 1.82) is 0 Å². The molecule has 0 N–H and O–H groups in total. The molecule has 0 unspecified atom stereocenters. The molecule has 0 radical (unpaired) electrons. The van der Waals surface area contributed by atoms with Crippen LogP contribution in [0.2, 0.25) is 0 Å². The van der Waals surface area contributed by atoms with E-state index >= 15 is 0 Å². The molecule has 1 aliphatic heterocycles. The lowest BCUT2D eigenvalue weighted by molar-refractivity contribution is 0.261. The van der Waals surface area contributed by atoms with Crippen LogP contribution >= 0.6 is 0 Å². The zero-order valence-corrected chi connectivity index (χ0v) is 11.8. The van der Waals surface area contributed by atoms with Crippen molar-refractivity contribution < 1.29 is 0 Å². The number of hydrogen-bond donors (Lipinski definition) is 0. The van der Waals surface area contributed by atoms with Gasteiger partial charge in [0.1, 0.15) is 5.82 Å². The number of para-hydroxylation sites is 2. The Hall–Kier alpha value is -1.39. The van der Waals surface area contributed by atoms with E-state index in [1.807, 2.05) is 0 Å². The van der Waals surface area contributed by atoms with E-state index in [0.717, 1.165) is 25.2 Å². The van der Waals surface area contributed by atoms with Crippen molar-refractivity contribution in [2.24, 2.45) is 7.05 Å². The van der Waals surface area contributed by atoms with Gasteiger partial charge in [-0.15, -0.1) is 0 Å². The summed E-state index contributed by atoms with van der Waals surface area (Å²) in [6.45, 7) is 5.63. The van der Waals surface area contributed by atoms with Crippen LogP contribution in [0, 0.1) is 0 Å². The average Bonchev–Trinajstić information content (AvgIpc) is 2.58. The predicted octanol–water partition coefficient (Wildman–Crippen LogP) is 1.71. The van der Waals surface area contributed by atoms with Gasteiger partial charge in [-0.3, -0.25) is 4.90 Å². The first-order chi connectivity index (χ1) is 9.24. The second kappa shape index (κ2) is 5.31. The highest BCUT2D eigenvalue weighted by molar-refractivity contribution is 5.75. The van der Waals surface area contributed by atoms with Crippen LogP contribution in [0.4, 0.5) is 0 Å². The van der Waals surface area contributed by atoms with Crippen LogP contribution in [-0.4, -0.2) is 52.6 Å². The second-order valence-corrected chi connectivity index (χ2v) is 5.51. The van der Waals surface area contributed by atoms with E-state index in [9.17, 15) is 0 Å². The average molecular weight is 258 g/mol. The molecule has 0 atom stereocenters. The molecule has 0 bridgehead atoms. The number of hydrogen-bond acceptors (Lipinski definition) is 3. The van der Waals surface area contributed by atoms with E-state index in [0.29, 0.717) is 0 Å². The first kappa shape index (κ1) is 12.6. The Morgan fingerprint density at radius 1 is 1.05 bits per heavy atom. The highest BCUT2D eigenvalue weighted by Gasteiger charge is 2.15. The van der Waals surface area contributed by atoms with Gasteiger partial charge in [0.15, 0.2) is 0 Å². The van der Waals surface area contributed by atoms with Gasteiger partial charge in [-0.2, -0.15) is 0 Å². The molecule has 19 heavy (non-hydrogen) atoms. The topological polar surface area (TPSA) is 24.3 Å². The van der Waals surface area contributed by atoms with Gasteiger partial charge in [0.05, 0.1) is 17.6 Å². The third-order valence-corrected chi connectivity index (χ3v) is 4.06. The van der Waals surface area contributed by atoms with Crippen molar-refractivity contribution in [2.75, 3.05) is 33.2 Å². The molecule has 1 aliphatic rings. The third-order valence-electron chi connectivity index (χ3n) is 4.06. The van der Waals surface area contributed by atoms with Crippen LogP contribution in [0.15, 0.2) is 24.3 Å². The molecule has 1 aromatic carbocycles. The maximum absolute atomic E-state index is 4.76. The van der Waals surface area contributed by atoms with Crippen LogP contribution in [-0.2, 0) is 13.6 Å². The molecule has 4 heteroatoms. The van der Waals surface area contributed by atoms with Crippen molar-refractivity contribution in [3.8, 4) is 0 Å². The molecular weight excluding hydrogens is 236 g/mol. The monoisotopic (exact) mass is 258 g/mol. The van der Waals surface area contributed by atoms with Gasteiger partial charge in [-0.25, -0.2) is 4.98 Å². The van der Waals surface area contributed by atoms with Gasteiger partial charge in [0.25, 0.3) is 0 Å². The number of fused-ring (bicyclic) bond motifs is 1. The molecule has 0 saturated carbocycles. The molecule has 1 fully saturated rings. The highest BCUT2D eigenvalue weighted by atomic mass is 15.2. The molecule has 0 amide bonds. The standard InChI is InChI=1S/C15H22N4/c1-17-8-5-9-19(11-10-17)12-15-16-13-6-3-4-7-14(13)18(15)2/h3-4,6-7H,5,8-12H2,1-2H3. The van der Waals surface area contributed by atoms with Crippen LogP contribution in [0.5, 0.6) is 0 Å². The lowest BCUT2D eigenvalue weighted by Gasteiger charge is -2.19. The van der Waals surface area contributed by atoms with E-state index in [-0.39, 0.29) is 0 Å². The number of rotatable bonds is 2. The summed E-state index contributed by atoms with van der Waals surface area (Å²) in [6, 6.07) is 8.37. The van der Waals surface area contributed by atoms with Crippen molar-refractivity contribution in [3.05, 3.63) is 30.1 Å². The quantitative estimate of drug-likeness (QED) is 0.819. The summed E-state index contributed by atoms with van der Waals surface area (Å²) in [7, 11) is 4.33. The third kappa shape index (κ3) is 2.65. The fourth-order valence-electron chi connectivity index (χ4n) is 2.79. The number of benzene rings is 1. The Labute approximate surface area is 114 Å². The van der Waals surface area contributed by atoms with Crippen molar-refractivity contribution >= 4 is 11.0 Å². The van der Waals surface area contributed by atoms with Crippen LogP contribution in [0.3, 0.4) is 0 Å². The SMILES string of the molecule is CN1CCCN(Cc2nc3ccccc3n2C)CC1. The Morgan fingerprint density at radius 2 is 1.89 bits per heavy atom. The maximum atomic E-state index is 4.76. The molecule has 0 aliphatic carbocycles. The molecule has 2 heterocycles. The normalized spacial score (nSPS) is 18.8. The zero-order valence-electron chi connectivity index (χ0n) is 11.8. The van der Waals surface area contributed by atoms with E-state index in [1.54, 1.807) is 0 Å². The van der Waals surface area contributed by atoms with Crippen molar-refractivity contribution in [2.45, 2.75) is 13.0 Å². The summed E-state index contributed by atoms with van der Waals surface area (Å²) in [4.78, 5) is 9.69. The van der Waals surface area contributed by atoms with Crippen LogP contribution in [0.1, 0.15) is 12.2 Å². The molecule has 102 valence electrons. The van der Waals surface area contributed by atoms with Crippen LogP contribution < -0.4 is 0 Å². The first-order valence-electron chi connectivity index (χ1n) is 7.05. The minimum atomic E-state index is 0.957. The van der Waals surface area contributed by atoms with Gasteiger partial charge < -0.3 is 9.47 Å². The van der Waals surface area contributed by atoms with Gasteiger partial charge >= 0.3 is 0 Å². The molecule has 1 aromatic heterocycles. The molecule has 3 rings (SSSR count). The Balaban J connectivity index is 1.79. The maximum Gasteiger partial charge on any atom is 0.123 e. The van der Waals surface area contributed by atoms with E-state index in [1.165, 1.54) is 30.9 Å². The molecular formula is C15H22N4. The number of likely N-dealkylation sites (N-methyl/N-ethyl adjacent to an activating group) is 1. The smallest absolute Gasteiger partial charge is 0.123 e. The molecule has 2 aromatic rings. The largest absolute Gasteiger partial charge is 0.330 e. The molecule has 0 spiro atoms. The lowest BCUT2D eigenvalue weighted by Crippen LogP contribution is -2.29. The summed E-state index contributed by atoms with van der Waals surface area (Å²) in [5.74, 6) is 1.17. The second-order valence-electron chi connectivity index (χ2n) is 5.51. The minimum Gasteiger partial charge on any atom is -0.330 e. The lowest BCUT2D eigenvalue weighted by atomic mass is 10.3. The van der Waals surface area contributed by atoms with Gasteiger partial charge in [-0.1, -0.05) is 12.1 Å². The first-order valence-corrected chi connectivity index (χ1v) is 7.05.